The fourth-order valence-corrected chi connectivity index (χ4v) is 4.14. The van der Waals surface area contributed by atoms with Crippen molar-refractivity contribution in [2.45, 2.75) is 32.2 Å². The van der Waals surface area contributed by atoms with Gasteiger partial charge in [0, 0.05) is 32.6 Å². The van der Waals surface area contributed by atoms with E-state index in [0.29, 0.717) is 0 Å². The summed E-state index contributed by atoms with van der Waals surface area (Å²) in [5.41, 5.74) is 1.31. The first-order valence-electron chi connectivity index (χ1n) is 10.2. The van der Waals surface area contributed by atoms with Crippen molar-refractivity contribution in [3.05, 3.63) is 47.6 Å². The second kappa shape index (κ2) is 9.44. The highest BCUT2D eigenvalue weighted by Gasteiger charge is 2.24. The zero-order valence-corrected chi connectivity index (χ0v) is 16.1. The van der Waals surface area contributed by atoms with E-state index in [1.807, 2.05) is 6.07 Å². The van der Waals surface area contributed by atoms with Gasteiger partial charge in [-0.1, -0.05) is 35.5 Å². The maximum absolute atomic E-state index is 5.51. The molecule has 2 aliphatic heterocycles. The molecular weight excluding hydrogens is 340 g/mol. The predicted molar refractivity (Wildman–Crippen MR) is 103 cm³/mol. The molecule has 2 fully saturated rings. The third-order valence-electron chi connectivity index (χ3n) is 5.57. The average molecular weight is 370 g/mol. The van der Waals surface area contributed by atoms with Crippen molar-refractivity contribution in [2.24, 2.45) is 5.92 Å². The van der Waals surface area contributed by atoms with Gasteiger partial charge in [0.2, 0.25) is 5.89 Å². The summed E-state index contributed by atoms with van der Waals surface area (Å²) in [5.74, 6) is 2.30. The van der Waals surface area contributed by atoms with Gasteiger partial charge in [0.05, 0.1) is 19.8 Å². The van der Waals surface area contributed by atoms with Crippen LogP contribution in [0.25, 0.3) is 0 Å². The molecule has 146 valence electrons. The number of likely N-dealkylation sites (tertiary alicyclic amines) is 1. The largest absolute Gasteiger partial charge is 0.379 e. The minimum atomic E-state index is 0.734. The topological polar surface area (TPSA) is 54.6 Å². The fraction of sp³-hybridized carbons (Fsp3) is 0.619. The molecule has 0 spiro atoms. The smallest absolute Gasteiger partial charge is 0.240 e. The van der Waals surface area contributed by atoms with Gasteiger partial charge in [-0.05, 0) is 37.3 Å². The van der Waals surface area contributed by atoms with Crippen LogP contribution in [0.4, 0.5) is 0 Å². The van der Waals surface area contributed by atoms with Crippen LogP contribution in [0.1, 0.15) is 30.1 Å². The van der Waals surface area contributed by atoms with Gasteiger partial charge in [0.25, 0.3) is 0 Å². The van der Waals surface area contributed by atoms with E-state index in [9.17, 15) is 0 Å². The van der Waals surface area contributed by atoms with Crippen LogP contribution in [0.15, 0.2) is 34.9 Å². The summed E-state index contributed by atoms with van der Waals surface area (Å²) in [6.07, 6.45) is 4.35. The van der Waals surface area contributed by atoms with Crippen LogP contribution in [0.3, 0.4) is 0 Å². The van der Waals surface area contributed by atoms with E-state index in [2.05, 4.69) is 44.2 Å². The molecule has 1 unspecified atom stereocenters. The minimum absolute atomic E-state index is 0.734. The van der Waals surface area contributed by atoms with Crippen LogP contribution in [-0.4, -0.2) is 65.9 Å². The molecule has 0 N–H and O–H groups in total. The summed E-state index contributed by atoms with van der Waals surface area (Å²) < 4.78 is 11.0. The zero-order chi connectivity index (χ0) is 18.3. The first-order valence-corrected chi connectivity index (χ1v) is 10.2. The number of aryl methyl sites for hydroxylation is 2. The van der Waals surface area contributed by atoms with Crippen molar-refractivity contribution in [3.63, 3.8) is 0 Å². The molecule has 0 radical (unpaired) electrons. The molecule has 0 amide bonds. The van der Waals surface area contributed by atoms with Gasteiger partial charge < -0.3 is 9.26 Å². The van der Waals surface area contributed by atoms with Gasteiger partial charge >= 0.3 is 0 Å². The Labute approximate surface area is 161 Å². The minimum Gasteiger partial charge on any atom is -0.379 e. The normalized spacial score (nSPS) is 22.1. The molecule has 1 aromatic carbocycles. The van der Waals surface area contributed by atoms with Crippen LogP contribution < -0.4 is 0 Å². The molecule has 2 aromatic rings. The number of nitrogens with zero attached hydrogens (tertiary/aromatic N) is 4. The molecule has 2 saturated heterocycles. The number of hydrogen-bond donors (Lipinski definition) is 0. The summed E-state index contributed by atoms with van der Waals surface area (Å²) in [6.45, 7) is 8.12. The Morgan fingerprint density at radius 1 is 1.00 bits per heavy atom. The van der Waals surface area contributed by atoms with Gasteiger partial charge in [-0.3, -0.25) is 9.80 Å². The number of morpholine rings is 1. The van der Waals surface area contributed by atoms with Crippen molar-refractivity contribution in [1.29, 1.82) is 0 Å². The lowest BCUT2D eigenvalue weighted by molar-refractivity contribution is 0.0218. The zero-order valence-electron chi connectivity index (χ0n) is 16.1. The number of rotatable bonds is 7. The molecule has 3 heterocycles. The third kappa shape index (κ3) is 5.61. The van der Waals surface area contributed by atoms with E-state index < -0.39 is 0 Å². The third-order valence-corrected chi connectivity index (χ3v) is 5.57. The summed E-state index contributed by atoms with van der Waals surface area (Å²) in [5, 5.41) is 4.17. The van der Waals surface area contributed by atoms with Crippen LogP contribution in [0.2, 0.25) is 0 Å². The molecule has 0 saturated carbocycles. The Bertz CT molecular complexity index is 684. The number of piperidine rings is 1. The Kier molecular flexibility index (Phi) is 6.50. The van der Waals surface area contributed by atoms with Crippen molar-refractivity contribution in [1.82, 2.24) is 19.9 Å². The number of ether oxygens (including phenoxy) is 1. The molecule has 27 heavy (non-hydrogen) atoms. The Balaban J connectivity index is 1.24. The molecule has 0 aliphatic carbocycles. The standard InChI is InChI=1S/C21H30N4O2/c1-2-5-18(6-3-1)8-9-20-22-21(27-23-20)17-25-10-4-7-19(16-25)15-24-11-13-26-14-12-24/h1-3,5-6,19H,4,7-17H2. The second-order valence-electron chi connectivity index (χ2n) is 7.75. The molecule has 2 aliphatic rings. The molecular formula is C21H30N4O2. The summed E-state index contributed by atoms with van der Waals surface area (Å²) in [6, 6.07) is 10.5. The predicted octanol–water partition coefficient (Wildman–Crippen LogP) is 2.40. The first kappa shape index (κ1) is 18.6. The fourth-order valence-electron chi connectivity index (χ4n) is 4.14. The number of aromatic nitrogens is 2. The number of hydrogen-bond acceptors (Lipinski definition) is 6. The van der Waals surface area contributed by atoms with Crippen molar-refractivity contribution >= 4 is 0 Å². The van der Waals surface area contributed by atoms with Gasteiger partial charge in [-0.2, -0.15) is 4.98 Å². The molecule has 6 nitrogen and oxygen atoms in total. The van der Waals surface area contributed by atoms with Crippen molar-refractivity contribution < 1.29 is 9.26 Å². The Morgan fingerprint density at radius 3 is 2.70 bits per heavy atom. The van der Waals surface area contributed by atoms with Crippen LogP contribution in [-0.2, 0) is 24.1 Å². The first-order chi connectivity index (χ1) is 13.3. The highest BCUT2D eigenvalue weighted by molar-refractivity contribution is 5.15. The summed E-state index contributed by atoms with van der Waals surface area (Å²) in [7, 11) is 0. The molecule has 6 heteroatoms. The maximum Gasteiger partial charge on any atom is 0.240 e. The monoisotopic (exact) mass is 370 g/mol. The van der Waals surface area contributed by atoms with E-state index in [-0.39, 0.29) is 0 Å². The van der Waals surface area contributed by atoms with E-state index in [1.165, 1.54) is 24.9 Å². The quantitative estimate of drug-likeness (QED) is 0.746. The SMILES string of the molecule is c1ccc(CCc2noc(CN3CCCC(CN4CCOCC4)C3)n2)cc1. The van der Waals surface area contributed by atoms with Gasteiger partial charge in [0.1, 0.15) is 0 Å². The van der Waals surface area contributed by atoms with Gasteiger partial charge in [0.15, 0.2) is 5.82 Å². The van der Waals surface area contributed by atoms with E-state index in [0.717, 1.165) is 76.4 Å². The highest BCUT2D eigenvalue weighted by Crippen LogP contribution is 2.20. The van der Waals surface area contributed by atoms with Crippen molar-refractivity contribution in [3.8, 4) is 0 Å². The molecule has 1 aromatic heterocycles. The van der Waals surface area contributed by atoms with Crippen LogP contribution in [0.5, 0.6) is 0 Å². The molecule has 4 rings (SSSR count). The lowest BCUT2D eigenvalue weighted by Crippen LogP contribution is -2.44. The summed E-state index contributed by atoms with van der Waals surface area (Å²) in [4.78, 5) is 9.64. The van der Waals surface area contributed by atoms with E-state index in [1.54, 1.807) is 0 Å². The van der Waals surface area contributed by atoms with Gasteiger partial charge in [-0.25, -0.2) is 0 Å². The van der Waals surface area contributed by atoms with E-state index in [4.69, 9.17) is 9.26 Å². The molecule has 0 bridgehead atoms. The lowest BCUT2D eigenvalue weighted by Gasteiger charge is -2.36. The van der Waals surface area contributed by atoms with Crippen molar-refractivity contribution in [2.75, 3.05) is 45.9 Å². The lowest BCUT2D eigenvalue weighted by atomic mass is 9.97. The maximum atomic E-state index is 5.51. The summed E-state index contributed by atoms with van der Waals surface area (Å²) >= 11 is 0. The highest BCUT2D eigenvalue weighted by atomic mass is 16.5. The second-order valence-corrected chi connectivity index (χ2v) is 7.75. The Hall–Kier alpha value is -1.76. The number of benzene rings is 1. The van der Waals surface area contributed by atoms with Gasteiger partial charge in [-0.15, -0.1) is 0 Å². The molecule has 1 atom stereocenters. The average Bonchev–Trinajstić information content (AvgIpc) is 3.16. The Morgan fingerprint density at radius 2 is 1.85 bits per heavy atom. The van der Waals surface area contributed by atoms with E-state index >= 15 is 0 Å². The van der Waals surface area contributed by atoms with Crippen LogP contribution in [0, 0.1) is 5.92 Å². The van der Waals surface area contributed by atoms with Crippen LogP contribution >= 0.6 is 0 Å².